The van der Waals surface area contributed by atoms with Crippen molar-refractivity contribution in [1.29, 1.82) is 0 Å². The Morgan fingerprint density at radius 1 is 1.35 bits per heavy atom. The first kappa shape index (κ1) is 18.0. The molecule has 140 valence electrons. The zero-order valence-electron chi connectivity index (χ0n) is 14.6. The summed E-state index contributed by atoms with van der Waals surface area (Å²) >= 11 is 12.2. The molecule has 2 aromatic heterocycles. The minimum Gasteiger partial charge on any atom is -0.347 e. The fraction of sp³-hybridized carbons (Fsp3) is 0.556. The summed E-state index contributed by atoms with van der Waals surface area (Å²) in [5.41, 5.74) is 1.29. The fourth-order valence-corrected chi connectivity index (χ4v) is 4.35. The molecule has 1 amide bonds. The molecule has 2 saturated heterocycles. The van der Waals surface area contributed by atoms with E-state index in [2.05, 4.69) is 4.98 Å². The number of rotatable bonds is 3. The largest absolute Gasteiger partial charge is 0.347 e. The van der Waals surface area contributed by atoms with Crippen LogP contribution in [-0.4, -0.2) is 52.3 Å². The maximum atomic E-state index is 12.8. The standard InChI is InChI=1S/C18H21Cl2N3O3/c1-18(25-5-6-26-18)12-3-2-4-22(9-12)16(24)8-14-11-23-10-13(19)7-15(20)17(23)21-14/h7,10-12H,2-6,8-9H2,1H3. The molecule has 0 bridgehead atoms. The van der Waals surface area contributed by atoms with Gasteiger partial charge in [-0.15, -0.1) is 0 Å². The van der Waals surface area contributed by atoms with Crippen molar-refractivity contribution in [3.8, 4) is 0 Å². The normalized spacial score (nSPS) is 22.9. The highest BCUT2D eigenvalue weighted by Gasteiger charge is 2.42. The smallest absolute Gasteiger partial charge is 0.228 e. The van der Waals surface area contributed by atoms with E-state index in [0.717, 1.165) is 19.4 Å². The summed E-state index contributed by atoms with van der Waals surface area (Å²) in [6.07, 6.45) is 5.72. The van der Waals surface area contributed by atoms with Gasteiger partial charge in [-0.25, -0.2) is 4.98 Å². The van der Waals surface area contributed by atoms with E-state index in [1.165, 1.54) is 0 Å². The second-order valence-corrected chi connectivity index (χ2v) is 7.88. The summed E-state index contributed by atoms with van der Waals surface area (Å²) in [5, 5.41) is 0.999. The predicted octanol–water partition coefficient (Wildman–Crippen LogP) is 3.19. The predicted molar refractivity (Wildman–Crippen MR) is 98.5 cm³/mol. The van der Waals surface area contributed by atoms with Gasteiger partial charge in [-0.3, -0.25) is 4.79 Å². The van der Waals surface area contributed by atoms with Crippen molar-refractivity contribution in [3.05, 3.63) is 34.2 Å². The lowest BCUT2D eigenvalue weighted by atomic mass is 9.90. The van der Waals surface area contributed by atoms with Crippen molar-refractivity contribution in [1.82, 2.24) is 14.3 Å². The van der Waals surface area contributed by atoms with Crippen LogP contribution in [0.2, 0.25) is 10.0 Å². The van der Waals surface area contributed by atoms with Gasteiger partial charge in [-0.05, 0) is 25.8 Å². The Morgan fingerprint density at radius 3 is 2.88 bits per heavy atom. The van der Waals surface area contributed by atoms with Gasteiger partial charge in [0.05, 0.1) is 35.4 Å². The van der Waals surface area contributed by atoms with E-state index in [4.69, 9.17) is 32.7 Å². The molecule has 2 fully saturated rings. The molecule has 0 radical (unpaired) electrons. The quantitative estimate of drug-likeness (QED) is 0.797. The molecule has 0 N–H and O–H groups in total. The average molecular weight is 398 g/mol. The highest BCUT2D eigenvalue weighted by Crippen LogP contribution is 2.34. The molecule has 0 aromatic carbocycles. The maximum Gasteiger partial charge on any atom is 0.228 e. The van der Waals surface area contributed by atoms with Gasteiger partial charge in [0, 0.05) is 31.4 Å². The number of pyridine rings is 1. The zero-order valence-corrected chi connectivity index (χ0v) is 16.1. The third-order valence-corrected chi connectivity index (χ3v) is 5.72. The lowest BCUT2D eigenvalue weighted by Crippen LogP contribution is -2.49. The Labute approximate surface area is 162 Å². The molecule has 8 heteroatoms. The van der Waals surface area contributed by atoms with Crippen molar-refractivity contribution < 1.29 is 14.3 Å². The monoisotopic (exact) mass is 397 g/mol. The first-order chi connectivity index (χ1) is 12.4. The van der Waals surface area contributed by atoms with Gasteiger partial charge in [0.2, 0.25) is 5.91 Å². The van der Waals surface area contributed by atoms with E-state index in [1.807, 2.05) is 11.8 Å². The molecule has 0 aliphatic carbocycles. The molecule has 4 rings (SSSR count). The van der Waals surface area contributed by atoms with Crippen molar-refractivity contribution in [2.75, 3.05) is 26.3 Å². The van der Waals surface area contributed by atoms with Gasteiger partial charge in [0.1, 0.15) is 0 Å². The Bertz CT molecular complexity index is 832. The lowest BCUT2D eigenvalue weighted by Gasteiger charge is -2.39. The number of imidazole rings is 1. The molecular formula is C18H21Cl2N3O3. The molecule has 26 heavy (non-hydrogen) atoms. The topological polar surface area (TPSA) is 56.1 Å². The second-order valence-electron chi connectivity index (χ2n) is 7.04. The first-order valence-corrected chi connectivity index (χ1v) is 9.58. The summed E-state index contributed by atoms with van der Waals surface area (Å²) in [5.74, 6) is -0.328. The molecule has 6 nitrogen and oxygen atoms in total. The van der Waals surface area contributed by atoms with Gasteiger partial charge in [-0.1, -0.05) is 23.2 Å². The summed E-state index contributed by atoms with van der Waals surface area (Å²) in [6.45, 7) is 4.62. The van der Waals surface area contributed by atoms with Crippen molar-refractivity contribution in [2.24, 2.45) is 5.92 Å². The Balaban J connectivity index is 1.47. The third kappa shape index (κ3) is 3.43. The second kappa shape index (κ2) is 7.00. The number of aromatic nitrogens is 2. The highest BCUT2D eigenvalue weighted by atomic mass is 35.5. The van der Waals surface area contributed by atoms with Crippen LogP contribution in [0.25, 0.3) is 5.65 Å². The highest BCUT2D eigenvalue weighted by molar-refractivity contribution is 6.36. The number of piperidine rings is 1. The van der Waals surface area contributed by atoms with Crippen LogP contribution in [0, 0.1) is 5.92 Å². The van der Waals surface area contributed by atoms with E-state index in [9.17, 15) is 4.79 Å². The molecule has 2 aliphatic rings. The van der Waals surface area contributed by atoms with Gasteiger partial charge in [0.25, 0.3) is 0 Å². The van der Waals surface area contributed by atoms with Crippen LogP contribution >= 0.6 is 23.2 Å². The van der Waals surface area contributed by atoms with Crippen LogP contribution in [0.4, 0.5) is 0 Å². The summed E-state index contributed by atoms with van der Waals surface area (Å²) < 4.78 is 13.3. The van der Waals surface area contributed by atoms with Crippen LogP contribution in [0.5, 0.6) is 0 Å². The van der Waals surface area contributed by atoms with Crippen molar-refractivity contribution >= 4 is 34.8 Å². The molecule has 0 spiro atoms. The number of hydrogen-bond acceptors (Lipinski definition) is 4. The number of nitrogens with zero attached hydrogens (tertiary/aromatic N) is 3. The number of carbonyl (C=O) groups excluding carboxylic acids is 1. The van der Waals surface area contributed by atoms with E-state index in [1.54, 1.807) is 22.9 Å². The minimum atomic E-state index is -0.577. The average Bonchev–Trinajstić information content (AvgIpc) is 3.22. The Kier molecular flexibility index (Phi) is 4.86. The molecular weight excluding hydrogens is 377 g/mol. The fourth-order valence-electron chi connectivity index (χ4n) is 3.82. The molecule has 1 atom stereocenters. The maximum absolute atomic E-state index is 12.8. The number of ether oxygens (including phenoxy) is 2. The van der Waals surface area contributed by atoms with Crippen LogP contribution in [0.3, 0.4) is 0 Å². The first-order valence-electron chi connectivity index (χ1n) is 8.83. The van der Waals surface area contributed by atoms with Gasteiger partial charge < -0.3 is 18.8 Å². The number of hydrogen-bond donors (Lipinski definition) is 0. The molecule has 2 aromatic rings. The molecule has 0 saturated carbocycles. The van der Waals surface area contributed by atoms with Crippen molar-refractivity contribution in [3.63, 3.8) is 0 Å². The summed E-state index contributed by atoms with van der Waals surface area (Å²) in [7, 11) is 0. The number of amides is 1. The molecule has 1 unspecified atom stereocenters. The number of carbonyl (C=O) groups is 1. The summed E-state index contributed by atoms with van der Waals surface area (Å²) in [6, 6.07) is 1.65. The van der Waals surface area contributed by atoms with Crippen LogP contribution < -0.4 is 0 Å². The SMILES string of the molecule is CC1(C2CCCN(C(=O)Cc3cn4cc(Cl)cc(Cl)c4n3)C2)OCCO1. The van der Waals surface area contributed by atoms with Gasteiger partial charge in [-0.2, -0.15) is 0 Å². The molecule has 2 aliphatic heterocycles. The third-order valence-electron chi connectivity index (χ3n) is 5.23. The van der Waals surface area contributed by atoms with Crippen LogP contribution in [-0.2, 0) is 20.7 Å². The number of likely N-dealkylation sites (tertiary alicyclic amines) is 1. The van der Waals surface area contributed by atoms with Gasteiger partial charge in [0.15, 0.2) is 11.4 Å². The van der Waals surface area contributed by atoms with E-state index >= 15 is 0 Å². The number of halogens is 2. The Morgan fingerprint density at radius 2 is 2.12 bits per heavy atom. The summed E-state index contributed by atoms with van der Waals surface area (Å²) in [4.78, 5) is 19.2. The van der Waals surface area contributed by atoms with Gasteiger partial charge >= 0.3 is 0 Å². The van der Waals surface area contributed by atoms with Crippen LogP contribution in [0.1, 0.15) is 25.5 Å². The van der Waals surface area contributed by atoms with Crippen molar-refractivity contribution in [2.45, 2.75) is 32.0 Å². The van der Waals surface area contributed by atoms with Crippen LogP contribution in [0.15, 0.2) is 18.5 Å². The van der Waals surface area contributed by atoms with E-state index in [0.29, 0.717) is 41.1 Å². The van der Waals surface area contributed by atoms with E-state index < -0.39 is 5.79 Å². The number of fused-ring (bicyclic) bond motifs is 1. The minimum absolute atomic E-state index is 0.0573. The van der Waals surface area contributed by atoms with E-state index in [-0.39, 0.29) is 18.2 Å². The zero-order chi connectivity index (χ0) is 18.3. The lowest BCUT2D eigenvalue weighted by molar-refractivity contribution is -0.192. The molecule has 4 heterocycles. The Hall–Kier alpha value is -1.34.